The third kappa shape index (κ3) is 6.34. The number of nitrogens with zero attached hydrogens (tertiary/aromatic N) is 3. The van der Waals surface area contributed by atoms with Crippen molar-refractivity contribution in [2.75, 3.05) is 27.4 Å². The van der Waals surface area contributed by atoms with Crippen LogP contribution in [0.5, 0.6) is 0 Å². The second-order valence-corrected chi connectivity index (χ2v) is 11.5. The Labute approximate surface area is 231 Å². The van der Waals surface area contributed by atoms with Crippen molar-refractivity contribution in [2.45, 2.75) is 24.9 Å². The van der Waals surface area contributed by atoms with Crippen LogP contribution in [0.25, 0.3) is 10.2 Å². The lowest BCUT2D eigenvalue weighted by Crippen LogP contribution is -2.30. The maximum absolute atomic E-state index is 13.3. The highest BCUT2D eigenvalue weighted by atomic mass is 32.2. The van der Waals surface area contributed by atoms with Gasteiger partial charge in [0.2, 0.25) is 10.0 Å². The van der Waals surface area contributed by atoms with Crippen LogP contribution in [0, 0.1) is 0 Å². The van der Waals surface area contributed by atoms with Gasteiger partial charge in [-0.3, -0.25) is 4.79 Å². The lowest BCUT2D eigenvalue weighted by atomic mass is 10.2. The summed E-state index contributed by atoms with van der Waals surface area (Å²) in [6, 6.07) is 20.3. The Morgan fingerprint density at radius 3 is 2.31 bits per heavy atom. The molecule has 11 heteroatoms. The zero-order valence-corrected chi connectivity index (χ0v) is 23.5. The number of esters is 1. The van der Waals surface area contributed by atoms with Gasteiger partial charge in [-0.15, -0.1) is 0 Å². The molecule has 0 atom stereocenters. The molecule has 0 unspecified atom stereocenters. The zero-order chi connectivity index (χ0) is 28.0. The standard InChI is InChI=1S/C28H29N3O6S2/c1-4-30(19-20-8-6-5-7-9-20)39(34,35)23-13-10-21(11-14-23)26(32)29-28-31(16-17-36-2)24-15-12-22(27(33)37-3)18-25(24)38-28/h5-15,18H,4,16-17,19H2,1-3H3. The number of hydrogen-bond donors (Lipinski definition) is 0. The van der Waals surface area contributed by atoms with E-state index < -0.39 is 21.9 Å². The SMILES string of the molecule is CCN(Cc1ccccc1)S(=O)(=O)c1ccc(C(=O)N=c2sc3cc(C(=O)OC)ccc3n2CCOC)cc1. The molecule has 0 aliphatic rings. The maximum Gasteiger partial charge on any atom is 0.337 e. The Morgan fingerprint density at radius 2 is 1.67 bits per heavy atom. The van der Waals surface area contributed by atoms with E-state index in [1.165, 1.54) is 47.0 Å². The predicted octanol–water partition coefficient (Wildman–Crippen LogP) is 4.09. The van der Waals surface area contributed by atoms with Gasteiger partial charge in [-0.25, -0.2) is 13.2 Å². The molecule has 0 fully saturated rings. The van der Waals surface area contributed by atoms with Gasteiger partial charge in [-0.1, -0.05) is 48.6 Å². The molecule has 0 radical (unpaired) electrons. The number of sulfonamides is 1. The van der Waals surface area contributed by atoms with Crippen LogP contribution in [0.3, 0.4) is 0 Å². The molecule has 39 heavy (non-hydrogen) atoms. The average molecular weight is 568 g/mol. The highest BCUT2D eigenvalue weighted by molar-refractivity contribution is 7.89. The molecule has 0 aliphatic carbocycles. The van der Waals surface area contributed by atoms with E-state index in [1.54, 1.807) is 32.2 Å². The Kier molecular flexibility index (Phi) is 9.08. The minimum absolute atomic E-state index is 0.101. The van der Waals surface area contributed by atoms with Gasteiger partial charge in [-0.2, -0.15) is 9.30 Å². The summed E-state index contributed by atoms with van der Waals surface area (Å²) in [4.78, 5) is 29.9. The van der Waals surface area contributed by atoms with E-state index in [0.717, 1.165) is 15.8 Å². The predicted molar refractivity (Wildman–Crippen MR) is 149 cm³/mol. The molecular weight excluding hydrogens is 538 g/mol. The third-order valence-electron chi connectivity index (χ3n) is 6.11. The first-order valence-corrected chi connectivity index (χ1v) is 14.5. The van der Waals surface area contributed by atoms with Gasteiger partial charge in [-0.05, 0) is 48.0 Å². The summed E-state index contributed by atoms with van der Waals surface area (Å²) in [5.41, 5.74) is 2.34. The molecule has 4 aromatic rings. The van der Waals surface area contributed by atoms with Gasteiger partial charge < -0.3 is 14.0 Å². The van der Waals surface area contributed by atoms with E-state index in [9.17, 15) is 18.0 Å². The van der Waals surface area contributed by atoms with Crippen LogP contribution in [-0.2, 0) is 32.6 Å². The molecule has 0 N–H and O–H groups in total. The number of aromatic nitrogens is 1. The molecule has 0 spiro atoms. The first-order chi connectivity index (χ1) is 18.8. The van der Waals surface area contributed by atoms with E-state index >= 15 is 0 Å². The summed E-state index contributed by atoms with van der Waals surface area (Å²) >= 11 is 1.26. The average Bonchev–Trinajstić information content (AvgIpc) is 3.30. The van der Waals surface area contributed by atoms with Gasteiger partial charge in [0.1, 0.15) is 0 Å². The van der Waals surface area contributed by atoms with Gasteiger partial charge >= 0.3 is 5.97 Å². The summed E-state index contributed by atoms with van der Waals surface area (Å²) in [5, 5.41) is 0. The van der Waals surface area contributed by atoms with E-state index in [4.69, 9.17) is 9.47 Å². The fourth-order valence-corrected chi connectivity index (χ4v) is 6.56. The fourth-order valence-electron chi connectivity index (χ4n) is 4.03. The van der Waals surface area contributed by atoms with Crippen molar-refractivity contribution in [3.63, 3.8) is 0 Å². The minimum atomic E-state index is -3.76. The Balaban J connectivity index is 1.63. The molecule has 3 aromatic carbocycles. The fraction of sp³-hybridized carbons (Fsp3) is 0.250. The summed E-state index contributed by atoms with van der Waals surface area (Å²) in [5.74, 6) is -0.967. The van der Waals surface area contributed by atoms with Crippen molar-refractivity contribution in [3.8, 4) is 0 Å². The van der Waals surface area contributed by atoms with E-state index in [2.05, 4.69) is 4.99 Å². The number of carbonyl (C=O) groups is 2. The van der Waals surface area contributed by atoms with Crippen LogP contribution in [0.15, 0.2) is 82.7 Å². The van der Waals surface area contributed by atoms with Gasteiger partial charge in [0, 0.05) is 32.3 Å². The molecule has 1 heterocycles. The summed E-state index contributed by atoms with van der Waals surface area (Å²) < 4.78 is 40.5. The van der Waals surface area contributed by atoms with Crippen molar-refractivity contribution < 1.29 is 27.5 Å². The van der Waals surface area contributed by atoms with Gasteiger partial charge in [0.05, 0.1) is 34.4 Å². The highest BCUT2D eigenvalue weighted by Crippen LogP contribution is 2.21. The maximum atomic E-state index is 13.3. The number of ether oxygens (including phenoxy) is 2. The van der Waals surface area contributed by atoms with Crippen molar-refractivity contribution in [1.82, 2.24) is 8.87 Å². The minimum Gasteiger partial charge on any atom is -0.465 e. The molecule has 0 saturated carbocycles. The number of benzene rings is 3. The number of methoxy groups -OCH3 is 2. The second-order valence-electron chi connectivity index (χ2n) is 8.56. The van der Waals surface area contributed by atoms with Crippen molar-refractivity contribution >= 4 is 43.5 Å². The Bertz CT molecular complexity index is 1640. The first kappa shape index (κ1) is 28.4. The highest BCUT2D eigenvalue weighted by Gasteiger charge is 2.23. The molecule has 0 aliphatic heterocycles. The number of carbonyl (C=O) groups excluding carboxylic acids is 2. The van der Waals surface area contributed by atoms with Crippen LogP contribution >= 0.6 is 11.3 Å². The van der Waals surface area contributed by atoms with Crippen LogP contribution in [0.2, 0.25) is 0 Å². The second kappa shape index (κ2) is 12.5. The summed E-state index contributed by atoms with van der Waals surface area (Å²) in [6.45, 7) is 3.19. The molecule has 9 nitrogen and oxygen atoms in total. The van der Waals surface area contributed by atoms with Crippen molar-refractivity contribution in [1.29, 1.82) is 0 Å². The largest absolute Gasteiger partial charge is 0.465 e. The number of rotatable bonds is 10. The lowest BCUT2D eigenvalue weighted by Gasteiger charge is -2.20. The van der Waals surface area contributed by atoms with Crippen molar-refractivity contribution in [2.24, 2.45) is 4.99 Å². The molecule has 1 amide bonds. The zero-order valence-electron chi connectivity index (χ0n) is 21.9. The van der Waals surface area contributed by atoms with E-state index in [-0.39, 0.29) is 17.0 Å². The quantitative estimate of drug-likeness (QED) is 0.267. The number of thiazole rings is 1. The van der Waals surface area contributed by atoms with Gasteiger partial charge in [0.25, 0.3) is 5.91 Å². The lowest BCUT2D eigenvalue weighted by molar-refractivity contribution is 0.0600. The summed E-state index contributed by atoms with van der Waals surface area (Å²) in [6.07, 6.45) is 0. The Morgan fingerprint density at radius 1 is 0.974 bits per heavy atom. The smallest absolute Gasteiger partial charge is 0.337 e. The molecule has 0 saturated heterocycles. The van der Waals surface area contributed by atoms with E-state index in [1.807, 2.05) is 34.9 Å². The molecule has 0 bridgehead atoms. The van der Waals surface area contributed by atoms with E-state index in [0.29, 0.717) is 30.1 Å². The van der Waals surface area contributed by atoms with Crippen molar-refractivity contribution in [3.05, 3.63) is 94.3 Å². The molecule has 4 rings (SSSR count). The number of hydrogen-bond acceptors (Lipinski definition) is 7. The number of amides is 1. The van der Waals surface area contributed by atoms with Crippen LogP contribution in [0.4, 0.5) is 0 Å². The number of fused-ring (bicyclic) bond motifs is 1. The molecule has 1 aromatic heterocycles. The first-order valence-electron chi connectivity index (χ1n) is 12.2. The van der Waals surface area contributed by atoms with Crippen LogP contribution < -0.4 is 4.80 Å². The summed E-state index contributed by atoms with van der Waals surface area (Å²) in [7, 11) is -0.858. The normalized spacial score (nSPS) is 12.3. The Hall–Kier alpha value is -3.64. The monoisotopic (exact) mass is 567 g/mol. The van der Waals surface area contributed by atoms with Crippen LogP contribution in [0.1, 0.15) is 33.2 Å². The third-order valence-corrected chi connectivity index (χ3v) is 9.09. The van der Waals surface area contributed by atoms with Gasteiger partial charge in [0.15, 0.2) is 4.80 Å². The molecule has 204 valence electrons. The molecular formula is C28H29N3O6S2. The van der Waals surface area contributed by atoms with Crippen LogP contribution in [-0.4, -0.2) is 56.5 Å². The topological polar surface area (TPSA) is 107 Å².